The molecule has 1 saturated carbocycles. The summed E-state index contributed by atoms with van der Waals surface area (Å²) in [5, 5.41) is 15.4. The summed E-state index contributed by atoms with van der Waals surface area (Å²) in [4.78, 5) is 4.91. The van der Waals surface area contributed by atoms with Crippen molar-refractivity contribution in [1.82, 2.24) is 25.2 Å². The summed E-state index contributed by atoms with van der Waals surface area (Å²) in [6.07, 6.45) is 10.1. The molecule has 0 spiro atoms. The van der Waals surface area contributed by atoms with Crippen molar-refractivity contribution in [3.63, 3.8) is 0 Å². The molecule has 154 valence electrons. The lowest BCUT2D eigenvalue weighted by molar-refractivity contribution is 0.141. The van der Waals surface area contributed by atoms with E-state index in [1.165, 1.54) is 25.7 Å². The Kier molecular flexibility index (Phi) is 7.65. The molecule has 0 aromatic carbocycles. The van der Waals surface area contributed by atoms with Crippen LogP contribution in [0.5, 0.6) is 0 Å². The second kappa shape index (κ2) is 10.4. The molecule has 0 bridgehead atoms. The maximum atomic E-state index is 5.34. The van der Waals surface area contributed by atoms with Crippen molar-refractivity contribution < 1.29 is 4.74 Å². The lowest BCUT2D eigenvalue weighted by Crippen LogP contribution is -2.39. The third kappa shape index (κ3) is 5.44. The number of methoxy groups -OCH3 is 1. The smallest absolute Gasteiger partial charge is 0.191 e. The monoisotopic (exact) mass is 386 g/mol. The third-order valence-electron chi connectivity index (χ3n) is 5.67. The molecule has 1 aliphatic carbocycles. The summed E-state index contributed by atoms with van der Waals surface area (Å²) >= 11 is 0. The van der Waals surface area contributed by atoms with E-state index in [0.29, 0.717) is 5.41 Å². The lowest BCUT2D eigenvalue weighted by atomic mass is 9.83. The Morgan fingerprint density at radius 2 is 2.11 bits per heavy atom. The first kappa shape index (κ1) is 20.6. The minimum absolute atomic E-state index is 0.318. The minimum Gasteiger partial charge on any atom is -0.385 e. The zero-order chi connectivity index (χ0) is 19.7. The minimum atomic E-state index is 0.318. The maximum Gasteiger partial charge on any atom is 0.191 e. The van der Waals surface area contributed by atoms with Gasteiger partial charge in [0, 0.05) is 46.0 Å². The maximum absolute atomic E-state index is 5.34. The van der Waals surface area contributed by atoms with Crippen LogP contribution in [-0.2, 0) is 11.2 Å². The van der Waals surface area contributed by atoms with E-state index in [1.807, 2.05) is 24.4 Å². The van der Waals surface area contributed by atoms with Crippen LogP contribution < -0.4 is 10.6 Å². The standard InChI is InChI=1S/C21H34N6O/c1-3-22-20(24-17-21(13-16-28-2)11-5-6-12-21)23-14-8-10-19-26-25-18-9-4-7-15-27(18)19/h4,7,9,15H,3,5-6,8,10-14,16-17H2,1-2H3,(H2,22,23,24). The quantitative estimate of drug-likeness (QED) is 0.373. The highest BCUT2D eigenvalue weighted by Crippen LogP contribution is 2.41. The van der Waals surface area contributed by atoms with Gasteiger partial charge < -0.3 is 15.4 Å². The number of rotatable bonds is 10. The highest BCUT2D eigenvalue weighted by Gasteiger charge is 2.33. The van der Waals surface area contributed by atoms with Crippen LogP contribution in [0.2, 0.25) is 0 Å². The fourth-order valence-corrected chi connectivity index (χ4v) is 4.03. The Labute approximate surface area is 168 Å². The molecule has 2 heterocycles. The van der Waals surface area contributed by atoms with Gasteiger partial charge in [-0.15, -0.1) is 10.2 Å². The molecular formula is C21H34N6O. The lowest BCUT2D eigenvalue weighted by Gasteiger charge is -2.27. The fourth-order valence-electron chi connectivity index (χ4n) is 4.03. The molecule has 2 aromatic rings. The van der Waals surface area contributed by atoms with Crippen molar-refractivity contribution in [2.45, 2.75) is 51.9 Å². The predicted molar refractivity (Wildman–Crippen MR) is 113 cm³/mol. The fraction of sp³-hybridized carbons (Fsp3) is 0.667. The molecule has 0 radical (unpaired) electrons. The number of hydrogen-bond acceptors (Lipinski definition) is 4. The zero-order valence-corrected chi connectivity index (χ0v) is 17.3. The molecule has 0 saturated heterocycles. The second-order valence-electron chi connectivity index (χ2n) is 7.72. The number of hydrogen-bond donors (Lipinski definition) is 2. The molecule has 1 fully saturated rings. The van der Waals surface area contributed by atoms with Crippen molar-refractivity contribution >= 4 is 11.6 Å². The van der Waals surface area contributed by atoms with E-state index < -0.39 is 0 Å². The molecule has 7 nitrogen and oxygen atoms in total. The molecule has 2 aromatic heterocycles. The summed E-state index contributed by atoms with van der Waals surface area (Å²) in [5.74, 6) is 1.92. The summed E-state index contributed by atoms with van der Waals surface area (Å²) < 4.78 is 7.39. The average Bonchev–Trinajstić information content (AvgIpc) is 3.35. The van der Waals surface area contributed by atoms with Crippen LogP contribution in [0.3, 0.4) is 0 Å². The third-order valence-corrected chi connectivity index (χ3v) is 5.67. The Hall–Kier alpha value is -2.15. The van der Waals surface area contributed by atoms with Crippen LogP contribution in [0.25, 0.3) is 5.65 Å². The van der Waals surface area contributed by atoms with Crippen molar-refractivity contribution in [2.24, 2.45) is 10.4 Å². The van der Waals surface area contributed by atoms with E-state index in [0.717, 1.165) is 62.9 Å². The molecular weight excluding hydrogens is 352 g/mol. The van der Waals surface area contributed by atoms with Crippen LogP contribution in [0.4, 0.5) is 0 Å². The number of pyridine rings is 1. The number of guanidine groups is 1. The molecule has 0 amide bonds. The molecule has 0 aliphatic heterocycles. The van der Waals surface area contributed by atoms with Gasteiger partial charge in [0.05, 0.1) is 0 Å². The normalized spacial score (nSPS) is 16.6. The molecule has 1 aliphatic rings. The number of aromatic nitrogens is 3. The van der Waals surface area contributed by atoms with Gasteiger partial charge in [0.2, 0.25) is 0 Å². The van der Waals surface area contributed by atoms with Gasteiger partial charge >= 0.3 is 0 Å². The Morgan fingerprint density at radius 3 is 2.89 bits per heavy atom. The summed E-state index contributed by atoms with van der Waals surface area (Å²) in [6, 6.07) is 5.97. The number of ether oxygens (including phenoxy) is 1. The highest BCUT2D eigenvalue weighted by molar-refractivity contribution is 5.79. The van der Waals surface area contributed by atoms with Crippen LogP contribution >= 0.6 is 0 Å². The summed E-state index contributed by atoms with van der Waals surface area (Å²) in [5.41, 5.74) is 1.22. The first-order chi connectivity index (χ1) is 13.8. The summed E-state index contributed by atoms with van der Waals surface area (Å²) in [6.45, 7) is 5.53. The van der Waals surface area contributed by atoms with Gasteiger partial charge in [-0.1, -0.05) is 18.9 Å². The number of nitrogens with one attached hydrogen (secondary N) is 2. The van der Waals surface area contributed by atoms with E-state index in [9.17, 15) is 0 Å². The van der Waals surface area contributed by atoms with E-state index >= 15 is 0 Å². The highest BCUT2D eigenvalue weighted by atomic mass is 16.5. The Balaban J connectivity index is 1.50. The van der Waals surface area contributed by atoms with Gasteiger partial charge in [-0.2, -0.15) is 0 Å². The molecule has 28 heavy (non-hydrogen) atoms. The SMILES string of the molecule is CCNC(=NCC1(CCOC)CCCC1)NCCCc1nnc2ccccn12. The number of aliphatic imine (C=N–C) groups is 1. The Morgan fingerprint density at radius 1 is 1.25 bits per heavy atom. The molecule has 0 atom stereocenters. The molecule has 2 N–H and O–H groups in total. The average molecular weight is 387 g/mol. The van der Waals surface area contributed by atoms with Gasteiger partial charge in [-0.25, -0.2) is 0 Å². The number of aryl methyl sites for hydroxylation is 1. The molecule has 0 unspecified atom stereocenters. The van der Waals surface area contributed by atoms with Crippen LogP contribution in [0, 0.1) is 5.41 Å². The zero-order valence-electron chi connectivity index (χ0n) is 17.3. The van der Waals surface area contributed by atoms with Gasteiger partial charge in [0.1, 0.15) is 5.82 Å². The van der Waals surface area contributed by atoms with E-state index in [4.69, 9.17) is 9.73 Å². The van der Waals surface area contributed by atoms with Crippen molar-refractivity contribution in [3.8, 4) is 0 Å². The van der Waals surface area contributed by atoms with Gasteiger partial charge in [-0.05, 0) is 50.2 Å². The van der Waals surface area contributed by atoms with Crippen molar-refractivity contribution in [1.29, 1.82) is 0 Å². The van der Waals surface area contributed by atoms with Gasteiger partial charge in [0.25, 0.3) is 0 Å². The molecule has 3 rings (SSSR count). The summed E-state index contributed by atoms with van der Waals surface area (Å²) in [7, 11) is 1.79. The van der Waals surface area contributed by atoms with E-state index in [1.54, 1.807) is 7.11 Å². The van der Waals surface area contributed by atoms with Crippen molar-refractivity contribution in [3.05, 3.63) is 30.2 Å². The first-order valence-electron chi connectivity index (χ1n) is 10.6. The van der Waals surface area contributed by atoms with Crippen LogP contribution in [0.15, 0.2) is 29.4 Å². The van der Waals surface area contributed by atoms with Crippen LogP contribution in [0.1, 0.15) is 51.3 Å². The van der Waals surface area contributed by atoms with E-state index in [-0.39, 0.29) is 0 Å². The Bertz CT molecular complexity index is 750. The van der Waals surface area contributed by atoms with Gasteiger partial charge in [-0.3, -0.25) is 9.39 Å². The predicted octanol–water partition coefficient (Wildman–Crippen LogP) is 2.81. The second-order valence-corrected chi connectivity index (χ2v) is 7.72. The first-order valence-corrected chi connectivity index (χ1v) is 10.6. The molecule has 7 heteroatoms. The number of fused-ring (bicyclic) bond motifs is 1. The van der Waals surface area contributed by atoms with Crippen LogP contribution in [-0.4, -0.2) is 53.9 Å². The van der Waals surface area contributed by atoms with Crippen molar-refractivity contribution in [2.75, 3.05) is 33.4 Å². The number of nitrogens with zero attached hydrogens (tertiary/aromatic N) is 4. The van der Waals surface area contributed by atoms with E-state index in [2.05, 4.69) is 32.2 Å². The van der Waals surface area contributed by atoms with Gasteiger partial charge in [0.15, 0.2) is 11.6 Å². The topological polar surface area (TPSA) is 75.8 Å². The largest absolute Gasteiger partial charge is 0.385 e.